The highest BCUT2D eigenvalue weighted by Crippen LogP contribution is 2.26. The van der Waals surface area contributed by atoms with Gasteiger partial charge in [-0.1, -0.05) is 6.07 Å². The zero-order valence-electron chi connectivity index (χ0n) is 13.8. The molecule has 1 unspecified atom stereocenters. The second-order valence-electron chi connectivity index (χ2n) is 6.03. The second kappa shape index (κ2) is 8.04. The monoisotopic (exact) mass is 354 g/mol. The highest BCUT2D eigenvalue weighted by Gasteiger charge is 2.34. The SMILES string of the molecule is CC(=O)NC(CC(=O)N1CCCC[C@@H]1C(=O)O)c1c(F)cccc1F. The summed E-state index contributed by atoms with van der Waals surface area (Å²) in [5.41, 5.74) is -0.407. The van der Waals surface area contributed by atoms with Gasteiger partial charge in [-0.2, -0.15) is 0 Å². The number of carbonyl (C=O) groups excluding carboxylic acids is 2. The van der Waals surface area contributed by atoms with E-state index in [1.165, 1.54) is 17.9 Å². The quantitative estimate of drug-likeness (QED) is 0.847. The molecule has 0 aliphatic carbocycles. The van der Waals surface area contributed by atoms with Crippen molar-refractivity contribution in [3.63, 3.8) is 0 Å². The van der Waals surface area contributed by atoms with Crippen LogP contribution in [0.3, 0.4) is 0 Å². The molecule has 2 rings (SSSR count). The van der Waals surface area contributed by atoms with E-state index in [4.69, 9.17) is 0 Å². The number of benzene rings is 1. The molecule has 136 valence electrons. The second-order valence-corrected chi connectivity index (χ2v) is 6.03. The number of hydrogen-bond acceptors (Lipinski definition) is 3. The minimum Gasteiger partial charge on any atom is -0.480 e. The van der Waals surface area contributed by atoms with Crippen LogP contribution in [0.2, 0.25) is 0 Å². The lowest BCUT2D eigenvalue weighted by Gasteiger charge is -2.34. The zero-order chi connectivity index (χ0) is 18.6. The van der Waals surface area contributed by atoms with Gasteiger partial charge >= 0.3 is 5.97 Å². The lowest BCUT2D eigenvalue weighted by Crippen LogP contribution is -2.49. The minimum absolute atomic E-state index is 0.266. The Hall–Kier alpha value is -2.51. The maximum absolute atomic E-state index is 14.0. The van der Waals surface area contributed by atoms with Crippen molar-refractivity contribution >= 4 is 17.8 Å². The number of carbonyl (C=O) groups is 3. The third kappa shape index (κ3) is 4.52. The Morgan fingerprint density at radius 3 is 2.48 bits per heavy atom. The molecule has 1 aromatic rings. The first-order chi connectivity index (χ1) is 11.8. The normalized spacial score (nSPS) is 18.5. The molecule has 0 aromatic heterocycles. The molecule has 0 spiro atoms. The Morgan fingerprint density at radius 1 is 1.28 bits per heavy atom. The van der Waals surface area contributed by atoms with Crippen molar-refractivity contribution in [2.45, 2.75) is 44.7 Å². The van der Waals surface area contributed by atoms with Crippen LogP contribution in [0.5, 0.6) is 0 Å². The van der Waals surface area contributed by atoms with E-state index in [1.807, 2.05) is 0 Å². The lowest BCUT2D eigenvalue weighted by molar-refractivity contribution is -0.152. The lowest BCUT2D eigenvalue weighted by atomic mass is 9.98. The van der Waals surface area contributed by atoms with Crippen LogP contribution >= 0.6 is 0 Å². The van der Waals surface area contributed by atoms with Gasteiger partial charge in [0, 0.05) is 19.0 Å². The number of nitrogens with one attached hydrogen (secondary N) is 1. The van der Waals surface area contributed by atoms with Crippen molar-refractivity contribution in [3.05, 3.63) is 35.4 Å². The van der Waals surface area contributed by atoms with Crippen LogP contribution in [0.25, 0.3) is 0 Å². The molecule has 0 saturated carbocycles. The van der Waals surface area contributed by atoms with E-state index >= 15 is 0 Å². The van der Waals surface area contributed by atoms with E-state index in [2.05, 4.69) is 5.32 Å². The molecule has 0 bridgehead atoms. The molecule has 6 nitrogen and oxygen atoms in total. The summed E-state index contributed by atoms with van der Waals surface area (Å²) in [6.07, 6.45) is 1.27. The van der Waals surface area contributed by atoms with Crippen molar-refractivity contribution in [2.24, 2.45) is 0 Å². The Morgan fingerprint density at radius 2 is 1.92 bits per heavy atom. The Bertz CT molecular complexity index is 660. The summed E-state index contributed by atoms with van der Waals surface area (Å²) in [5, 5.41) is 11.6. The van der Waals surface area contributed by atoms with Gasteiger partial charge in [0.2, 0.25) is 11.8 Å². The summed E-state index contributed by atoms with van der Waals surface area (Å²) in [5.74, 6) is -3.97. The predicted octanol–water partition coefficient (Wildman–Crippen LogP) is 2.00. The molecule has 1 fully saturated rings. The molecule has 1 saturated heterocycles. The fourth-order valence-corrected chi connectivity index (χ4v) is 3.09. The summed E-state index contributed by atoms with van der Waals surface area (Å²) in [7, 11) is 0. The molecule has 0 radical (unpaired) electrons. The third-order valence-electron chi connectivity index (χ3n) is 4.21. The van der Waals surface area contributed by atoms with E-state index in [0.29, 0.717) is 19.3 Å². The van der Waals surface area contributed by atoms with E-state index in [1.54, 1.807) is 0 Å². The van der Waals surface area contributed by atoms with E-state index in [9.17, 15) is 28.3 Å². The minimum atomic E-state index is -1.21. The molecule has 1 aromatic carbocycles. The first kappa shape index (κ1) is 18.8. The molecule has 1 aliphatic rings. The predicted molar refractivity (Wildman–Crippen MR) is 84.5 cm³/mol. The number of piperidine rings is 1. The topological polar surface area (TPSA) is 86.7 Å². The van der Waals surface area contributed by atoms with Gasteiger partial charge in [0.25, 0.3) is 0 Å². The van der Waals surface area contributed by atoms with Gasteiger partial charge in [-0.15, -0.1) is 0 Å². The van der Waals surface area contributed by atoms with Crippen LogP contribution in [0.1, 0.15) is 44.2 Å². The Balaban J connectivity index is 2.26. The van der Waals surface area contributed by atoms with Crippen molar-refractivity contribution in [1.29, 1.82) is 0 Å². The van der Waals surface area contributed by atoms with Crippen molar-refractivity contribution in [3.8, 4) is 0 Å². The van der Waals surface area contributed by atoms with Gasteiger partial charge < -0.3 is 15.3 Å². The summed E-state index contributed by atoms with van der Waals surface area (Å²) >= 11 is 0. The average molecular weight is 354 g/mol. The molecule has 2 amide bonds. The highest BCUT2D eigenvalue weighted by molar-refractivity contribution is 5.85. The molecule has 1 aliphatic heterocycles. The van der Waals surface area contributed by atoms with E-state index in [0.717, 1.165) is 12.1 Å². The molecule has 2 N–H and O–H groups in total. The highest BCUT2D eigenvalue weighted by atomic mass is 19.1. The van der Waals surface area contributed by atoms with Gasteiger partial charge in [-0.25, -0.2) is 13.6 Å². The fraction of sp³-hybridized carbons (Fsp3) is 0.471. The number of hydrogen-bond donors (Lipinski definition) is 2. The number of carboxylic acids is 1. The van der Waals surface area contributed by atoms with Gasteiger partial charge in [-0.05, 0) is 31.4 Å². The third-order valence-corrected chi connectivity index (χ3v) is 4.21. The molecular weight excluding hydrogens is 334 g/mol. The van der Waals surface area contributed by atoms with Crippen molar-refractivity contribution in [2.75, 3.05) is 6.54 Å². The van der Waals surface area contributed by atoms with Crippen LogP contribution in [-0.4, -0.2) is 40.4 Å². The van der Waals surface area contributed by atoms with Crippen molar-refractivity contribution in [1.82, 2.24) is 10.2 Å². The van der Waals surface area contributed by atoms with Crippen LogP contribution in [-0.2, 0) is 14.4 Å². The molecular formula is C17H20F2N2O4. The summed E-state index contributed by atoms with van der Waals surface area (Å²) in [6, 6.07) is 1.11. The maximum atomic E-state index is 14.0. The summed E-state index contributed by atoms with van der Waals surface area (Å²) in [6.45, 7) is 1.44. The van der Waals surface area contributed by atoms with Crippen molar-refractivity contribution < 1.29 is 28.3 Å². The van der Waals surface area contributed by atoms with Crippen LogP contribution in [0.15, 0.2) is 18.2 Å². The smallest absolute Gasteiger partial charge is 0.326 e. The number of rotatable bonds is 5. The van der Waals surface area contributed by atoms with Gasteiger partial charge in [0.1, 0.15) is 17.7 Å². The Labute approximate surface area is 143 Å². The summed E-state index contributed by atoms with van der Waals surface area (Å²) < 4.78 is 28.1. The average Bonchev–Trinajstić information content (AvgIpc) is 2.53. The van der Waals surface area contributed by atoms with Gasteiger partial charge in [0.05, 0.1) is 12.5 Å². The van der Waals surface area contributed by atoms with Crippen LogP contribution < -0.4 is 5.32 Å². The van der Waals surface area contributed by atoms with E-state index in [-0.39, 0.29) is 6.54 Å². The first-order valence-electron chi connectivity index (χ1n) is 8.04. The fourth-order valence-electron chi connectivity index (χ4n) is 3.09. The number of amides is 2. The van der Waals surface area contributed by atoms with E-state index < -0.39 is 53.5 Å². The molecule has 1 heterocycles. The summed E-state index contributed by atoms with van der Waals surface area (Å²) in [4.78, 5) is 36.5. The van der Waals surface area contributed by atoms with Crippen LogP contribution in [0, 0.1) is 11.6 Å². The number of halogens is 2. The standard InChI is InChI=1S/C17H20F2N2O4/c1-10(22)20-13(16-11(18)5-4-6-12(16)19)9-15(23)21-8-3-2-7-14(21)17(24)25/h4-6,13-14H,2-3,7-9H2,1H3,(H,20,22)(H,24,25)/t13?,14-/m1/s1. The van der Waals surface area contributed by atoms with Gasteiger partial charge in [-0.3, -0.25) is 9.59 Å². The molecule has 25 heavy (non-hydrogen) atoms. The molecule has 8 heteroatoms. The largest absolute Gasteiger partial charge is 0.480 e. The molecule has 2 atom stereocenters. The zero-order valence-corrected chi connectivity index (χ0v) is 13.8. The number of nitrogens with zero attached hydrogens (tertiary/aromatic N) is 1. The number of aliphatic carboxylic acids is 1. The Kier molecular flexibility index (Phi) is 6.06. The first-order valence-corrected chi connectivity index (χ1v) is 8.04. The van der Waals surface area contributed by atoms with Gasteiger partial charge in [0.15, 0.2) is 0 Å². The van der Waals surface area contributed by atoms with Crippen LogP contribution in [0.4, 0.5) is 8.78 Å². The number of likely N-dealkylation sites (tertiary alicyclic amines) is 1. The number of carboxylic acid groups (broad SMARTS) is 1. The maximum Gasteiger partial charge on any atom is 0.326 e.